The van der Waals surface area contributed by atoms with Crippen molar-refractivity contribution >= 4 is 17.6 Å². The van der Waals surface area contributed by atoms with Gasteiger partial charge in [0.15, 0.2) is 11.5 Å². The molecule has 7 nitrogen and oxygen atoms in total. The van der Waals surface area contributed by atoms with Crippen LogP contribution < -0.4 is 20.1 Å². The number of para-hydroxylation sites is 1. The Morgan fingerprint density at radius 3 is 2.31 bits per heavy atom. The largest absolute Gasteiger partial charge is 0.493 e. The molecule has 1 aliphatic heterocycles. The number of carbonyl (C=O) groups excluding carboxylic acids is 2. The highest BCUT2D eigenvalue weighted by atomic mass is 19.1. The van der Waals surface area contributed by atoms with Crippen molar-refractivity contribution in [1.82, 2.24) is 10.2 Å². The molecule has 3 aromatic rings. The Bertz CT molecular complexity index is 1200. The van der Waals surface area contributed by atoms with Crippen LogP contribution in [0.3, 0.4) is 0 Å². The van der Waals surface area contributed by atoms with Crippen LogP contribution in [-0.2, 0) is 11.2 Å². The normalized spacial score (nSPS) is 15.5. The second kappa shape index (κ2) is 10.5. The first-order chi connectivity index (χ1) is 16.9. The predicted octanol–water partition coefficient (Wildman–Crippen LogP) is 4.53. The average molecular weight is 478 g/mol. The monoisotopic (exact) mass is 477 g/mol. The summed E-state index contributed by atoms with van der Waals surface area (Å²) in [5, 5.41) is 5.61. The van der Waals surface area contributed by atoms with E-state index in [9.17, 15) is 14.0 Å². The van der Waals surface area contributed by atoms with Gasteiger partial charge >= 0.3 is 6.03 Å². The molecule has 0 bridgehead atoms. The summed E-state index contributed by atoms with van der Waals surface area (Å²) in [4.78, 5) is 27.7. The zero-order valence-electron chi connectivity index (χ0n) is 19.9. The molecule has 35 heavy (non-hydrogen) atoms. The lowest BCUT2D eigenvalue weighted by Crippen LogP contribution is -2.51. The molecule has 2 atom stereocenters. The molecule has 1 aliphatic rings. The average Bonchev–Trinajstić information content (AvgIpc) is 2.88. The molecule has 0 saturated carbocycles. The number of anilines is 1. The molecular formula is C27H28FN3O4. The van der Waals surface area contributed by atoms with Crippen LogP contribution in [0, 0.1) is 5.82 Å². The van der Waals surface area contributed by atoms with Crippen LogP contribution in [-0.4, -0.2) is 43.6 Å². The number of fused-ring (bicyclic) bond motifs is 1. The number of urea groups is 1. The smallest absolute Gasteiger partial charge is 0.318 e. The molecular weight excluding hydrogens is 449 g/mol. The second-order valence-corrected chi connectivity index (χ2v) is 8.33. The molecule has 0 aliphatic carbocycles. The van der Waals surface area contributed by atoms with Gasteiger partial charge in [-0.15, -0.1) is 0 Å². The standard InChI is InChI=1S/C27H28FN3O4/c1-17(26(32)30-21-7-5-4-6-8-21)29-27(33)31-14-13-19-15-23(34-2)24(35-3)16-22(19)25(31)18-9-11-20(28)12-10-18/h4-12,15-17,25H,13-14H2,1-3H3,(H,29,33)(H,30,32). The van der Waals surface area contributed by atoms with Gasteiger partial charge in [-0.3, -0.25) is 4.79 Å². The van der Waals surface area contributed by atoms with E-state index in [1.54, 1.807) is 50.3 Å². The molecule has 8 heteroatoms. The van der Waals surface area contributed by atoms with E-state index in [-0.39, 0.29) is 11.7 Å². The van der Waals surface area contributed by atoms with Gasteiger partial charge in [-0.2, -0.15) is 0 Å². The van der Waals surface area contributed by atoms with Crippen LogP contribution in [0.4, 0.5) is 14.9 Å². The first kappa shape index (κ1) is 24.1. The maximum Gasteiger partial charge on any atom is 0.318 e. The molecule has 4 rings (SSSR count). The molecule has 3 amide bonds. The SMILES string of the molecule is COc1cc2c(cc1OC)C(c1ccc(F)cc1)N(C(=O)NC(C)C(=O)Nc1ccccc1)CC2. The summed E-state index contributed by atoms with van der Waals surface area (Å²) in [6, 6.07) is 17.2. The Hall–Kier alpha value is -4.07. The Labute approximate surface area is 203 Å². The fraction of sp³-hybridized carbons (Fsp3) is 0.259. The quantitative estimate of drug-likeness (QED) is 0.547. The molecule has 182 valence electrons. The van der Waals surface area contributed by atoms with Gasteiger partial charge < -0.3 is 25.0 Å². The summed E-state index contributed by atoms with van der Waals surface area (Å²) < 4.78 is 24.6. The number of amides is 3. The highest BCUT2D eigenvalue weighted by molar-refractivity contribution is 5.96. The Balaban J connectivity index is 1.62. The van der Waals surface area contributed by atoms with Crippen LogP contribution in [0.2, 0.25) is 0 Å². The third-order valence-electron chi connectivity index (χ3n) is 6.09. The fourth-order valence-corrected chi connectivity index (χ4v) is 4.27. The van der Waals surface area contributed by atoms with Crippen molar-refractivity contribution in [2.75, 3.05) is 26.1 Å². The number of benzene rings is 3. The number of carbonyl (C=O) groups is 2. The van der Waals surface area contributed by atoms with Crippen molar-refractivity contribution in [3.05, 3.63) is 89.2 Å². The third kappa shape index (κ3) is 5.21. The van der Waals surface area contributed by atoms with Gasteiger partial charge in [0.2, 0.25) is 5.91 Å². The highest BCUT2D eigenvalue weighted by Gasteiger charge is 2.34. The lowest BCUT2D eigenvalue weighted by atomic mass is 9.88. The molecule has 0 spiro atoms. The number of nitrogens with one attached hydrogen (secondary N) is 2. The van der Waals surface area contributed by atoms with Gasteiger partial charge in [-0.05, 0) is 66.4 Å². The number of hydrogen-bond acceptors (Lipinski definition) is 4. The number of ether oxygens (including phenoxy) is 2. The number of hydrogen-bond donors (Lipinski definition) is 2. The van der Waals surface area contributed by atoms with E-state index >= 15 is 0 Å². The fourth-order valence-electron chi connectivity index (χ4n) is 4.27. The molecule has 1 heterocycles. The van der Waals surface area contributed by atoms with Crippen molar-refractivity contribution in [1.29, 1.82) is 0 Å². The molecule has 0 saturated heterocycles. The molecule has 0 radical (unpaired) electrons. The van der Waals surface area contributed by atoms with Crippen LogP contribution in [0.15, 0.2) is 66.7 Å². The zero-order valence-corrected chi connectivity index (χ0v) is 19.9. The Kier molecular flexibility index (Phi) is 7.19. The van der Waals surface area contributed by atoms with Crippen molar-refractivity contribution in [2.45, 2.75) is 25.4 Å². The van der Waals surface area contributed by atoms with E-state index in [1.165, 1.54) is 12.1 Å². The maximum atomic E-state index is 13.7. The van der Waals surface area contributed by atoms with Crippen molar-refractivity contribution in [3.8, 4) is 11.5 Å². The number of rotatable bonds is 6. The van der Waals surface area contributed by atoms with Crippen LogP contribution >= 0.6 is 0 Å². The van der Waals surface area contributed by atoms with Crippen LogP contribution in [0.25, 0.3) is 0 Å². The van der Waals surface area contributed by atoms with Crippen LogP contribution in [0.5, 0.6) is 11.5 Å². The summed E-state index contributed by atoms with van der Waals surface area (Å²) >= 11 is 0. The summed E-state index contributed by atoms with van der Waals surface area (Å²) in [5.41, 5.74) is 3.26. The number of nitrogens with zero attached hydrogens (tertiary/aromatic N) is 1. The summed E-state index contributed by atoms with van der Waals surface area (Å²) in [6.07, 6.45) is 0.589. The molecule has 2 N–H and O–H groups in total. The highest BCUT2D eigenvalue weighted by Crippen LogP contribution is 2.41. The topological polar surface area (TPSA) is 79.9 Å². The van der Waals surface area contributed by atoms with Gasteiger partial charge in [0.05, 0.1) is 20.3 Å². The molecule has 3 aromatic carbocycles. The molecule has 0 aromatic heterocycles. The van der Waals surface area contributed by atoms with E-state index in [1.807, 2.05) is 30.3 Å². The third-order valence-corrected chi connectivity index (χ3v) is 6.09. The minimum Gasteiger partial charge on any atom is -0.493 e. The van der Waals surface area contributed by atoms with E-state index in [2.05, 4.69) is 10.6 Å². The van der Waals surface area contributed by atoms with Crippen molar-refractivity contribution in [3.63, 3.8) is 0 Å². The van der Waals surface area contributed by atoms with Crippen molar-refractivity contribution in [2.24, 2.45) is 0 Å². The predicted molar refractivity (Wildman–Crippen MR) is 131 cm³/mol. The first-order valence-electron chi connectivity index (χ1n) is 11.3. The maximum absolute atomic E-state index is 13.7. The van der Waals surface area contributed by atoms with Crippen molar-refractivity contribution < 1.29 is 23.5 Å². The van der Waals surface area contributed by atoms with E-state index < -0.39 is 18.1 Å². The first-order valence-corrected chi connectivity index (χ1v) is 11.3. The zero-order chi connectivity index (χ0) is 24.9. The number of halogens is 1. The van der Waals surface area contributed by atoms with Gasteiger partial charge in [0, 0.05) is 12.2 Å². The Morgan fingerprint density at radius 1 is 1.00 bits per heavy atom. The summed E-state index contributed by atoms with van der Waals surface area (Å²) in [7, 11) is 3.13. The lowest BCUT2D eigenvalue weighted by molar-refractivity contribution is -0.117. The Morgan fingerprint density at radius 2 is 1.66 bits per heavy atom. The van der Waals surface area contributed by atoms with E-state index in [0.29, 0.717) is 30.2 Å². The van der Waals surface area contributed by atoms with Gasteiger partial charge in [-0.1, -0.05) is 30.3 Å². The lowest BCUT2D eigenvalue weighted by Gasteiger charge is -2.38. The van der Waals surface area contributed by atoms with Gasteiger partial charge in [0.1, 0.15) is 11.9 Å². The second-order valence-electron chi connectivity index (χ2n) is 8.33. The van der Waals surface area contributed by atoms with E-state index in [0.717, 1.165) is 16.7 Å². The minimum absolute atomic E-state index is 0.327. The van der Waals surface area contributed by atoms with E-state index in [4.69, 9.17) is 9.47 Å². The summed E-state index contributed by atoms with van der Waals surface area (Å²) in [6.45, 7) is 2.04. The molecule has 0 fully saturated rings. The van der Waals surface area contributed by atoms with Gasteiger partial charge in [0.25, 0.3) is 0 Å². The number of methoxy groups -OCH3 is 2. The van der Waals surface area contributed by atoms with Gasteiger partial charge in [-0.25, -0.2) is 9.18 Å². The van der Waals surface area contributed by atoms with Crippen LogP contribution in [0.1, 0.15) is 29.7 Å². The summed E-state index contributed by atoms with van der Waals surface area (Å²) in [5.74, 6) is 0.454. The minimum atomic E-state index is -0.775. The molecule has 2 unspecified atom stereocenters.